The standard InChI is InChI=1S/C13H22N2O3/c1-2-10(8-9-5-6-9)14-13(18)15-7-3-4-11(15)12(16)17/h9-11H,2-8H2,1H3,(H,14,18)(H,16,17)/t10?,11-/m1/s1. The molecule has 5 heteroatoms. The van der Waals surface area contributed by atoms with Crippen molar-refractivity contribution in [2.24, 2.45) is 5.92 Å². The molecule has 2 fully saturated rings. The van der Waals surface area contributed by atoms with Gasteiger partial charge in [-0.2, -0.15) is 0 Å². The summed E-state index contributed by atoms with van der Waals surface area (Å²) in [7, 11) is 0. The van der Waals surface area contributed by atoms with E-state index in [9.17, 15) is 9.59 Å². The second-order valence-electron chi connectivity index (χ2n) is 5.42. The Bertz CT molecular complexity index is 328. The van der Waals surface area contributed by atoms with Crippen molar-refractivity contribution in [1.29, 1.82) is 0 Å². The zero-order chi connectivity index (χ0) is 13.1. The molecule has 1 saturated heterocycles. The van der Waals surface area contributed by atoms with E-state index in [1.54, 1.807) is 0 Å². The number of urea groups is 1. The van der Waals surface area contributed by atoms with Crippen LogP contribution in [0.3, 0.4) is 0 Å². The largest absolute Gasteiger partial charge is 0.480 e. The molecule has 0 aromatic rings. The molecule has 18 heavy (non-hydrogen) atoms. The average Bonchev–Trinajstić information content (AvgIpc) is 3.00. The number of hydrogen-bond acceptors (Lipinski definition) is 2. The zero-order valence-electron chi connectivity index (χ0n) is 10.9. The Balaban J connectivity index is 1.87. The van der Waals surface area contributed by atoms with Crippen LogP contribution in [0.5, 0.6) is 0 Å². The Kier molecular flexibility index (Phi) is 4.09. The van der Waals surface area contributed by atoms with E-state index in [4.69, 9.17) is 5.11 Å². The van der Waals surface area contributed by atoms with Gasteiger partial charge < -0.3 is 15.3 Å². The van der Waals surface area contributed by atoms with Crippen LogP contribution in [0.25, 0.3) is 0 Å². The van der Waals surface area contributed by atoms with Crippen LogP contribution in [0.4, 0.5) is 4.79 Å². The normalized spacial score (nSPS) is 24.9. The molecular weight excluding hydrogens is 232 g/mol. The van der Waals surface area contributed by atoms with Crippen LogP contribution < -0.4 is 5.32 Å². The SMILES string of the molecule is CCC(CC1CC1)NC(=O)N1CCC[C@@H]1C(=O)O. The van der Waals surface area contributed by atoms with E-state index in [0.29, 0.717) is 13.0 Å². The topological polar surface area (TPSA) is 69.6 Å². The van der Waals surface area contributed by atoms with Gasteiger partial charge in [0.1, 0.15) is 6.04 Å². The molecule has 102 valence electrons. The van der Waals surface area contributed by atoms with Crippen LogP contribution in [-0.4, -0.2) is 40.6 Å². The number of nitrogens with one attached hydrogen (secondary N) is 1. The number of carboxylic acids is 1. The Morgan fingerprint density at radius 2 is 2.11 bits per heavy atom. The third kappa shape index (κ3) is 3.15. The minimum atomic E-state index is -0.891. The Morgan fingerprint density at radius 1 is 1.39 bits per heavy atom. The minimum Gasteiger partial charge on any atom is -0.480 e. The molecule has 0 aromatic carbocycles. The molecule has 0 spiro atoms. The average molecular weight is 254 g/mol. The molecule has 0 bridgehead atoms. The third-order valence-corrected chi connectivity index (χ3v) is 3.93. The lowest BCUT2D eigenvalue weighted by Gasteiger charge is -2.25. The Labute approximate surface area is 108 Å². The van der Waals surface area contributed by atoms with Gasteiger partial charge in [0.25, 0.3) is 0 Å². The number of nitrogens with zero attached hydrogens (tertiary/aromatic N) is 1. The molecule has 1 aliphatic heterocycles. The molecule has 2 amide bonds. The summed E-state index contributed by atoms with van der Waals surface area (Å²) in [6.45, 7) is 2.62. The summed E-state index contributed by atoms with van der Waals surface area (Å²) in [6.07, 6.45) is 5.84. The van der Waals surface area contributed by atoms with Crippen LogP contribution in [-0.2, 0) is 4.79 Å². The molecule has 2 rings (SSSR count). The number of carboxylic acid groups (broad SMARTS) is 1. The van der Waals surface area contributed by atoms with Crippen molar-refractivity contribution in [2.75, 3.05) is 6.54 Å². The summed E-state index contributed by atoms with van der Waals surface area (Å²) < 4.78 is 0. The van der Waals surface area contributed by atoms with Gasteiger partial charge in [0.2, 0.25) is 0 Å². The van der Waals surface area contributed by atoms with Gasteiger partial charge in [0.15, 0.2) is 0 Å². The Hall–Kier alpha value is -1.26. The first-order chi connectivity index (χ1) is 8.61. The van der Waals surface area contributed by atoms with E-state index in [1.807, 2.05) is 0 Å². The Morgan fingerprint density at radius 3 is 2.67 bits per heavy atom. The molecule has 2 N–H and O–H groups in total. The number of rotatable bonds is 5. The van der Waals surface area contributed by atoms with E-state index < -0.39 is 12.0 Å². The number of carbonyl (C=O) groups is 2. The molecule has 2 aliphatic rings. The van der Waals surface area contributed by atoms with Gasteiger partial charge in [-0.05, 0) is 31.6 Å². The third-order valence-electron chi connectivity index (χ3n) is 3.93. The molecule has 0 aromatic heterocycles. The van der Waals surface area contributed by atoms with Crippen LogP contribution in [0.2, 0.25) is 0 Å². The highest BCUT2D eigenvalue weighted by atomic mass is 16.4. The summed E-state index contributed by atoms with van der Waals surface area (Å²) in [4.78, 5) is 24.6. The van der Waals surface area contributed by atoms with Gasteiger partial charge in [-0.25, -0.2) is 9.59 Å². The van der Waals surface area contributed by atoms with Gasteiger partial charge in [-0.1, -0.05) is 19.8 Å². The monoisotopic (exact) mass is 254 g/mol. The summed E-state index contributed by atoms with van der Waals surface area (Å²) in [6, 6.07) is -0.643. The molecule has 2 atom stereocenters. The fourth-order valence-corrected chi connectivity index (χ4v) is 2.61. The lowest BCUT2D eigenvalue weighted by atomic mass is 10.1. The first-order valence-corrected chi connectivity index (χ1v) is 6.91. The molecule has 1 unspecified atom stereocenters. The van der Waals surface area contributed by atoms with Gasteiger partial charge in [-0.3, -0.25) is 0 Å². The maximum absolute atomic E-state index is 12.1. The van der Waals surface area contributed by atoms with Crippen molar-refractivity contribution >= 4 is 12.0 Å². The lowest BCUT2D eigenvalue weighted by molar-refractivity contribution is -0.141. The quantitative estimate of drug-likeness (QED) is 0.786. The van der Waals surface area contributed by atoms with E-state index in [1.165, 1.54) is 17.7 Å². The highest BCUT2D eigenvalue weighted by Crippen LogP contribution is 2.34. The first kappa shape index (κ1) is 13.2. The summed E-state index contributed by atoms with van der Waals surface area (Å²) in [5.41, 5.74) is 0. The molecule has 0 radical (unpaired) electrons. The van der Waals surface area contributed by atoms with Crippen molar-refractivity contribution in [3.05, 3.63) is 0 Å². The van der Waals surface area contributed by atoms with E-state index >= 15 is 0 Å². The van der Waals surface area contributed by atoms with Crippen molar-refractivity contribution in [3.8, 4) is 0 Å². The molecule has 5 nitrogen and oxygen atoms in total. The van der Waals surface area contributed by atoms with Crippen LogP contribution >= 0.6 is 0 Å². The fraction of sp³-hybridized carbons (Fsp3) is 0.846. The number of amides is 2. The van der Waals surface area contributed by atoms with Crippen molar-refractivity contribution in [3.63, 3.8) is 0 Å². The van der Waals surface area contributed by atoms with Crippen molar-refractivity contribution in [1.82, 2.24) is 10.2 Å². The highest BCUT2D eigenvalue weighted by Gasteiger charge is 2.35. The maximum Gasteiger partial charge on any atom is 0.326 e. The lowest BCUT2D eigenvalue weighted by Crippen LogP contribution is -2.49. The van der Waals surface area contributed by atoms with E-state index in [-0.39, 0.29) is 12.1 Å². The van der Waals surface area contributed by atoms with Crippen LogP contribution in [0.1, 0.15) is 45.4 Å². The van der Waals surface area contributed by atoms with Crippen LogP contribution in [0, 0.1) is 5.92 Å². The summed E-state index contributed by atoms with van der Waals surface area (Å²) in [5.74, 6) is -0.123. The zero-order valence-corrected chi connectivity index (χ0v) is 10.9. The van der Waals surface area contributed by atoms with Crippen molar-refractivity contribution in [2.45, 2.75) is 57.5 Å². The number of likely N-dealkylation sites (tertiary alicyclic amines) is 1. The van der Waals surface area contributed by atoms with Crippen LogP contribution in [0.15, 0.2) is 0 Å². The van der Waals surface area contributed by atoms with Gasteiger partial charge in [0.05, 0.1) is 0 Å². The highest BCUT2D eigenvalue weighted by molar-refractivity contribution is 5.83. The minimum absolute atomic E-state index is 0.194. The molecule has 1 saturated carbocycles. The molecular formula is C13H22N2O3. The second-order valence-corrected chi connectivity index (χ2v) is 5.42. The summed E-state index contributed by atoms with van der Waals surface area (Å²) in [5, 5.41) is 12.0. The van der Waals surface area contributed by atoms with Gasteiger partial charge >= 0.3 is 12.0 Å². The first-order valence-electron chi connectivity index (χ1n) is 6.91. The van der Waals surface area contributed by atoms with Gasteiger partial charge in [-0.15, -0.1) is 0 Å². The number of carbonyl (C=O) groups excluding carboxylic acids is 1. The maximum atomic E-state index is 12.1. The van der Waals surface area contributed by atoms with Crippen molar-refractivity contribution < 1.29 is 14.7 Å². The smallest absolute Gasteiger partial charge is 0.326 e. The predicted octanol–water partition coefficient (Wildman–Crippen LogP) is 1.82. The molecule has 1 aliphatic carbocycles. The summed E-state index contributed by atoms with van der Waals surface area (Å²) >= 11 is 0. The number of hydrogen-bond donors (Lipinski definition) is 2. The number of aliphatic carboxylic acids is 1. The molecule has 1 heterocycles. The predicted molar refractivity (Wildman–Crippen MR) is 67.3 cm³/mol. The fourth-order valence-electron chi connectivity index (χ4n) is 2.61. The van der Waals surface area contributed by atoms with E-state index in [0.717, 1.165) is 25.2 Å². The van der Waals surface area contributed by atoms with E-state index in [2.05, 4.69) is 12.2 Å². The second kappa shape index (κ2) is 5.59. The van der Waals surface area contributed by atoms with Gasteiger partial charge in [0, 0.05) is 12.6 Å².